The highest BCUT2D eigenvalue weighted by atomic mass is 16.6. The van der Waals surface area contributed by atoms with Crippen molar-refractivity contribution in [2.24, 2.45) is 0 Å². The molecule has 0 amide bonds. The van der Waals surface area contributed by atoms with Gasteiger partial charge < -0.3 is 22.9 Å². The normalized spacial score (nSPS) is 11.4. The Hall–Kier alpha value is -5.56. The Morgan fingerprint density at radius 3 is 1.69 bits per heavy atom. The molecule has 4 rings (SSSR count). The number of benzene rings is 2. The minimum Gasteiger partial charge on any atom is -0.393 e. The molecule has 20 nitrogen and oxygen atoms in total. The number of aromatic nitrogens is 4. The van der Waals surface area contributed by atoms with Gasteiger partial charge in [-0.1, -0.05) is 0 Å². The highest BCUT2D eigenvalue weighted by Gasteiger charge is 2.39. The first-order valence-corrected chi connectivity index (χ1v) is 8.00. The lowest BCUT2D eigenvalue weighted by Gasteiger charge is -2.05. The number of hydrogen-bond acceptors (Lipinski definition) is 13. The number of nitrogens with zero attached hydrogens (tertiary/aromatic N) is 8. The number of nitrogens with two attached hydrogens (primary N) is 4. The molecule has 20 heteroatoms. The smallest absolute Gasteiger partial charge is 0.355 e. The molecule has 4 aromatic rings. The van der Waals surface area contributed by atoms with Gasteiger partial charge in [-0.3, -0.25) is 45.6 Å². The van der Waals surface area contributed by atoms with Gasteiger partial charge in [0.25, 0.3) is 0 Å². The number of hydrogen-bond donors (Lipinski definition) is 4. The van der Waals surface area contributed by atoms with E-state index in [1.165, 1.54) is 0 Å². The molecule has 32 heavy (non-hydrogen) atoms. The van der Waals surface area contributed by atoms with Crippen LogP contribution in [0.15, 0.2) is 0 Å². The zero-order valence-corrected chi connectivity index (χ0v) is 15.2. The zero-order chi connectivity index (χ0) is 23.8. The van der Waals surface area contributed by atoms with Crippen molar-refractivity contribution >= 4 is 67.6 Å². The Bertz CT molecular complexity index is 1460. The van der Waals surface area contributed by atoms with Gasteiger partial charge in [0.15, 0.2) is 17.1 Å². The van der Waals surface area contributed by atoms with Crippen molar-refractivity contribution in [2.75, 3.05) is 22.9 Å². The quantitative estimate of drug-likeness (QED) is 0.128. The van der Waals surface area contributed by atoms with Crippen molar-refractivity contribution in [2.45, 2.75) is 0 Å². The van der Waals surface area contributed by atoms with Gasteiger partial charge in [-0.05, 0) is 5.10 Å². The van der Waals surface area contributed by atoms with Crippen LogP contribution in [-0.4, -0.2) is 29.4 Å². The van der Waals surface area contributed by atoms with E-state index in [-0.39, 0.29) is 0 Å². The summed E-state index contributed by atoms with van der Waals surface area (Å²) in [5.74, 6) is 0. The molecule has 0 aliphatic carbocycles. The lowest BCUT2D eigenvalue weighted by molar-refractivity contribution is -0.654. The summed E-state index contributed by atoms with van der Waals surface area (Å²) in [6.07, 6.45) is 0. The Morgan fingerprint density at radius 1 is 0.719 bits per heavy atom. The molecule has 0 radical (unpaired) electrons. The average Bonchev–Trinajstić information content (AvgIpc) is 3.16. The largest absolute Gasteiger partial charge is 0.393 e. The van der Waals surface area contributed by atoms with Crippen molar-refractivity contribution in [3.8, 4) is 0 Å². The molecule has 2 aromatic carbocycles. The number of rotatable bonds is 4. The Kier molecular flexibility index (Phi) is 3.69. The van der Waals surface area contributed by atoms with Crippen LogP contribution < -0.4 is 32.7 Å². The topological polar surface area (TPSA) is 312 Å². The summed E-state index contributed by atoms with van der Waals surface area (Å²) in [5.41, 5.74) is 13.4. The summed E-state index contributed by atoms with van der Waals surface area (Å²) in [7, 11) is 0. The molecular weight excluding hydrogens is 440 g/mol. The molecule has 0 aliphatic rings. The van der Waals surface area contributed by atoms with Crippen LogP contribution in [0.1, 0.15) is 0 Å². The van der Waals surface area contributed by atoms with Crippen LogP contribution in [0, 0.1) is 40.5 Å². The molecule has 0 bridgehead atoms. The fraction of sp³-hybridized carbons (Fsp3) is 0. The highest BCUT2D eigenvalue weighted by Crippen LogP contribution is 2.45. The minimum absolute atomic E-state index is 0.510. The van der Waals surface area contributed by atoms with Crippen molar-refractivity contribution in [1.29, 1.82) is 0 Å². The van der Waals surface area contributed by atoms with Crippen LogP contribution in [0.5, 0.6) is 0 Å². The lowest BCUT2D eigenvalue weighted by Crippen LogP contribution is -2.31. The van der Waals surface area contributed by atoms with Gasteiger partial charge in [-0.2, -0.15) is 4.63 Å². The Morgan fingerprint density at radius 2 is 1.19 bits per heavy atom. The molecule has 0 atom stereocenters. The molecule has 0 saturated carbocycles. The first-order chi connectivity index (χ1) is 14.9. The Balaban J connectivity index is 2.38. The fourth-order valence-electron chi connectivity index (χ4n) is 3.39. The zero-order valence-electron chi connectivity index (χ0n) is 15.2. The summed E-state index contributed by atoms with van der Waals surface area (Å²) in [5, 5.41) is 53.7. The summed E-state index contributed by atoms with van der Waals surface area (Å²) in [6, 6.07) is 0. The first kappa shape index (κ1) is 19.7. The highest BCUT2D eigenvalue weighted by molar-refractivity contribution is 6.06. The number of nitrogen functional groups attached to an aromatic ring is 4. The number of anilines is 4. The maximum absolute atomic E-state index is 11.5. The predicted octanol–water partition coefficient (Wildman–Crippen LogP) is -0.855. The van der Waals surface area contributed by atoms with Crippen molar-refractivity contribution in [3.63, 3.8) is 0 Å². The molecule has 164 valence electrons. The molecule has 2 aromatic heterocycles. The maximum Gasteiger partial charge on any atom is 0.355 e. The van der Waals surface area contributed by atoms with Gasteiger partial charge >= 0.3 is 28.3 Å². The van der Waals surface area contributed by atoms with E-state index in [9.17, 15) is 40.5 Å². The SMILES string of the molecule is Nc1c([N+](=O)[O-])c(N)c2c(nn3c4c(N)c([N+](=O)[O-])c(N)c([N+](=O)[O-])c4[n-][n+]23)c1[N+](=O)[O-]. The van der Waals surface area contributed by atoms with E-state index in [1.807, 2.05) is 0 Å². The monoisotopic (exact) mass is 448 g/mol. The first-order valence-electron chi connectivity index (χ1n) is 8.00. The van der Waals surface area contributed by atoms with Gasteiger partial charge in [-0.25, -0.2) is 0 Å². The summed E-state index contributed by atoms with van der Waals surface area (Å²) >= 11 is 0. The van der Waals surface area contributed by atoms with E-state index in [0.717, 1.165) is 0 Å². The number of fused-ring (bicyclic) bond motifs is 5. The summed E-state index contributed by atoms with van der Waals surface area (Å²) in [6.45, 7) is 0. The van der Waals surface area contributed by atoms with Crippen LogP contribution in [0.4, 0.5) is 45.5 Å². The van der Waals surface area contributed by atoms with Crippen molar-refractivity contribution < 1.29 is 24.3 Å². The second-order valence-corrected chi connectivity index (χ2v) is 6.25. The molecule has 2 heterocycles. The summed E-state index contributed by atoms with van der Waals surface area (Å²) in [4.78, 5) is 41.7. The molecule has 8 N–H and O–H groups in total. The van der Waals surface area contributed by atoms with Gasteiger partial charge in [0.1, 0.15) is 5.69 Å². The van der Waals surface area contributed by atoms with E-state index in [0.29, 0.717) is 9.26 Å². The molecule has 0 spiro atoms. The third-order valence-corrected chi connectivity index (χ3v) is 4.64. The summed E-state index contributed by atoms with van der Waals surface area (Å²) < 4.78 is 1.28. The van der Waals surface area contributed by atoms with E-state index >= 15 is 0 Å². The fourth-order valence-corrected chi connectivity index (χ4v) is 3.39. The average molecular weight is 448 g/mol. The third-order valence-electron chi connectivity index (χ3n) is 4.64. The van der Waals surface area contributed by atoms with Crippen LogP contribution in [0.3, 0.4) is 0 Å². The standard InChI is InChI=1S/C12H8N12O8/c13-1-7(21(25)26)3(15)11(23(29)30)5-9(1)19-18-6-10(20(19)17-5)2(14)8(22(27)28)4(16)12(6)24(31)32/h13-16H2. The van der Waals surface area contributed by atoms with E-state index in [2.05, 4.69) is 10.2 Å². The van der Waals surface area contributed by atoms with E-state index < -0.39 is 87.3 Å². The molecule has 0 unspecified atom stereocenters. The number of nitro benzene ring substituents is 4. The molecular formula is C12H8N12O8. The Labute approximate surface area is 171 Å². The van der Waals surface area contributed by atoms with Gasteiger partial charge in [0.05, 0.1) is 30.7 Å². The van der Waals surface area contributed by atoms with Gasteiger partial charge in [-0.15, -0.1) is 4.63 Å². The maximum atomic E-state index is 11.5. The van der Waals surface area contributed by atoms with Crippen LogP contribution in [-0.2, 0) is 0 Å². The molecule has 0 aliphatic heterocycles. The number of nitro groups is 4. The molecule has 0 fully saturated rings. The minimum atomic E-state index is -1.07. The van der Waals surface area contributed by atoms with Crippen LogP contribution in [0.2, 0.25) is 0 Å². The molecule has 0 saturated heterocycles. The van der Waals surface area contributed by atoms with Crippen molar-refractivity contribution in [1.82, 2.24) is 14.8 Å². The predicted molar refractivity (Wildman–Crippen MR) is 103 cm³/mol. The lowest BCUT2D eigenvalue weighted by atomic mass is 10.1. The van der Waals surface area contributed by atoms with E-state index in [1.54, 1.807) is 0 Å². The second-order valence-electron chi connectivity index (χ2n) is 6.25. The van der Waals surface area contributed by atoms with Gasteiger partial charge in [0.2, 0.25) is 5.52 Å². The van der Waals surface area contributed by atoms with Crippen LogP contribution in [0.25, 0.3) is 22.1 Å². The van der Waals surface area contributed by atoms with E-state index in [4.69, 9.17) is 22.9 Å². The second kappa shape index (κ2) is 5.97. The van der Waals surface area contributed by atoms with Gasteiger partial charge in [0, 0.05) is 0 Å². The van der Waals surface area contributed by atoms with Crippen molar-refractivity contribution in [3.05, 3.63) is 40.5 Å². The third kappa shape index (κ3) is 2.18. The van der Waals surface area contributed by atoms with Crippen LogP contribution >= 0.6 is 0 Å².